The maximum absolute atomic E-state index is 12.4. The van der Waals surface area contributed by atoms with Gasteiger partial charge in [0.1, 0.15) is 0 Å². The van der Waals surface area contributed by atoms with Crippen LogP contribution in [0.2, 0.25) is 0 Å². The van der Waals surface area contributed by atoms with Crippen molar-refractivity contribution in [2.45, 2.75) is 44.2 Å². The molecule has 128 valence electrons. The maximum Gasteiger partial charge on any atom is 0.234 e. The molecule has 2 unspecified atom stereocenters. The number of aryl methyl sites for hydroxylation is 1. The fourth-order valence-corrected chi connectivity index (χ4v) is 3.78. The molecule has 0 spiro atoms. The molecular weight excluding hydrogens is 310 g/mol. The van der Waals surface area contributed by atoms with Crippen molar-refractivity contribution >= 4 is 18.3 Å². The highest BCUT2D eigenvalue weighted by Gasteiger charge is 2.24. The van der Waals surface area contributed by atoms with E-state index in [1.165, 1.54) is 24.0 Å². The van der Waals surface area contributed by atoms with Gasteiger partial charge in [0.15, 0.2) is 0 Å². The Morgan fingerprint density at radius 1 is 1.26 bits per heavy atom. The number of carbonyl (C=O) groups is 1. The third-order valence-corrected chi connectivity index (χ3v) is 4.99. The Morgan fingerprint density at radius 2 is 2.09 bits per heavy atom. The van der Waals surface area contributed by atoms with Gasteiger partial charge in [-0.1, -0.05) is 24.3 Å². The van der Waals surface area contributed by atoms with Crippen LogP contribution >= 0.6 is 12.4 Å². The second-order valence-electron chi connectivity index (χ2n) is 6.57. The van der Waals surface area contributed by atoms with Crippen LogP contribution in [0.25, 0.3) is 0 Å². The highest BCUT2D eigenvalue weighted by atomic mass is 35.5. The van der Waals surface area contributed by atoms with Crippen molar-refractivity contribution in [1.29, 1.82) is 0 Å². The predicted octanol–water partition coefficient (Wildman–Crippen LogP) is 2.29. The molecule has 1 heterocycles. The number of benzene rings is 1. The summed E-state index contributed by atoms with van der Waals surface area (Å²) in [5.41, 5.74) is 2.71. The molecule has 4 nitrogen and oxygen atoms in total. The number of rotatable bonds is 4. The number of fused-ring (bicyclic) bond motifs is 1. The summed E-state index contributed by atoms with van der Waals surface area (Å²) >= 11 is 0. The third-order valence-electron chi connectivity index (χ3n) is 4.99. The molecule has 2 N–H and O–H groups in total. The second kappa shape index (κ2) is 8.67. The van der Waals surface area contributed by atoms with E-state index in [1.54, 1.807) is 0 Å². The first-order chi connectivity index (χ1) is 10.8. The van der Waals surface area contributed by atoms with E-state index in [1.807, 2.05) is 7.05 Å². The summed E-state index contributed by atoms with van der Waals surface area (Å²) in [5.74, 6) is 0.165. The van der Waals surface area contributed by atoms with E-state index >= 15 is 0 Å². The molecule has 2 aliphatic rings. The normalized spacial score (nSPS) is 24.4. The summed E-state index contributed by atoms with van der Waals surface area (Å²) < 4.78 is 0. The Morgan fingerprint density at radius 3 is 2.91 bits per heavy atom. The van der Waals surface area contributed by atoms with Crippen molar-refractivity contribution in [3.05, 3.63) is 35.4 Å². The molecule has 0 saturated carbocycles. The molecule has 1 aliphatic carbocycles. The smallest absolute Gasteiger partial charge is 0.234 e. The number of likely N-dealkylation sites (N-methyl/N-ethyl adjacent to an activating group) is 1. The van der Waals surface area contributed by atoms with E-state index in [0.29, 0.717) is 12.6 Å². The zero-order valence-corrected chi connectivity index (χ0v) is 14.7. The van der Waals surface area contributed by atoms with Gasteiger partial charge in [0, 0.05) is 12.6 Å². The average molecular weight is 338 g/mol. The van der Waals surface area contributed by atoms with E-state index in [-0.39, 0.29) is 24.4 Å². The molecule has 1 fully saturated rings. The van der Waals surface area contributed by atoms with Gasteiger partial charge in [0.25, 0.3) is 0 Å². The Hall–Kier alpha value is -1.10. The fourth-order valence-electron chi connectivity index (χ4n) is 3.78. The monoisotopic (exact) mass is 337 g/mol. The molecule has 23 heavy (non-hydrogen) atoms. The van der Waals surface area contributed by atoms with Crippen LogP contribution in [0.5, 0.6) is 0 Å². The molecule has 1 aromatic rings. The standard InChI is InChI=1S/C18H27N3O.ClH/c1-19-15-8-5-11-21(12-15)13-18(22)20-17-10-4-7-14-6-2-3-9-16(14)17;/h2-3,6,9,15,17,19H,4-5,7-8,10-13H2,1H3,(H,20,22);1H. The summed E-state index contributed by atoms with van der Waals surface area (Å²) in [7, 11) is 2.01. The molecule has 0 aromatic heterocycles. The summed E-state index contributed by atoms with van der Waals surface area (Å²) in [4.78, 5) is 14.7. The SMILES string of the molecule is CNC1CCCN(CC(=O)NC2CCCc3ccccc32)C1.Cl. The van der Waals surface area contributed by atoms with E-state index in [9.17, 15) is 4.79 Å². The van der Waals surface area contributed by atoms with Crippen molar-refractivity contribution in [2.24, 2.45) is 0 Å². The third kappa shape index (κ3) is 4.69. The molecule has 3 rings (SSSR count). The van der Waals surface area contributed by atoms with Gasteiger partial charge in [-0.2, -0.15) is 0 Å². The van der Waals surface area contributed by atoms with Gasteiger partial charge in [0.2, 0.25) is 5.91 Å². The molecule has 0 radical (unpaired) electrons. The number of hydrogen-bond acceptors (Lipinski definition) is 3. The van der Waals surface area contributed by atoms with Crippen LogP contribution in [0, 0.1) is 0 Å². The largest absolute Gasteiger partial charge is 0.348 e. The Balaban J connectivity index is 0.00000192. The quantitative estimate of drug-likeness (QED) is 0.886. The number of carbonyl (C=O) groups excluding carboxylic acids is 1. The Kier molecular flexibility index (Phi) is 6.88. The summed E-state index contributed by atoms with van der Waals surface area (Å²) in [6, 6.07) is 9.24. The molecule has 1 aromatic carbocycles. The lowest BCUT2D eigenvalue weighted by Gasteiger charge is -2.33. The molecule has 5 heteroatoms. The van der Waals surface area contributed by atoms with Gasteiger partial charge < -0.3 is 10.6 Å². The van der Waals surface area contributed by atoms with Crippen LogP contribution in [0.15, 0.2) is 24.3 Å². The highest BCUT2D eigenvalue weighted by molar-refractivity contribution is 5.85. The molecule has 2 atom stereocenters. The van der Waals surface area contributed by atoms with Crippen LogP contribution < -0.4 is 10.6 Å². The number of hydrogen-bond donors (Lipinski definition) is 2. The first-order valence-electron chi connectivity index (χ1n) is 8.53. The maximum atomic E-state index is 12.4. The van der Waals surface area contributed by atoms with Gasteiger partial charge in [-0.15, -0.1) is 12.4 Å². The van der Waals surface area contributed by atoms with Crippen LogP contribution in [0.4, 0.5) is 0 Å². The minimum Gasteiger partial charge on any atom is -0.348 e. The highest BCUT2D eigenvalue weighted by Crippen LogP contribution is 2.29. The number of nitrogens with zero attached hydrogens (tertiary/aromatic N) is 1. The predicted molar refractivity (Wildman–Crippen MR) is 96.0 cm³/mol. The Labute approximate surface area is 145 Å². The van der Waals surface area contributed by atoms with Gasteiger partial charge in [-0.3, -0.25) is 9.69 Å². The molecule has 1 aliphatic heterocycles. The molecule has 1 amide bonds. The minimum absolute atomic E-state index is 0. The number of amides is 1. The van der Waals surface area contributed by atoms with Crippen LogP contribution in [-0.4, -0.2) is 43.5 Å². The number of halogens is 1. The first-order valence-corrected chi connectivity index (χ1v) is 8.53. The topological polar surface area (TPSA) is 44.4 Å². The summed E-state index contributed by atoms with van der Waals surface area (Å²) in [5, 5.41) is 6.58. The van der Waals surface area contributed by atoms with Crippen LogP contribution in [-0.2, 0) is 11.2 Å². The van der Waals surface area contributed by atoms with Gasteiger partial charge in [0.05, 0.1) is 12.6 Å². The zero-order valence-electron chi connectivity index (χ0n) is 13.9. The van der Waals surface area contributed by atoms with Gasteiger partial charge >= 0.3 is 0 Å². The van der Waals surface area contributed by atoms with Crippen molar-refractivity contribution in [3.8, 4) is 0 Å². The number of nitrogens with one attached hydrogen (secondary N) is 2. The minimum atomic E-state index is 0. The van der Waals surface area contributed by atoms with Crippen molar-refractivity contribution < 1.29 is 4.79 Å². The van der Waals surface area contributed by atoms with Crippen molar-refractivity contribution in [3.63, 3.8) is 0 Å². The number of piperidine rings is 1. The molecule has 1 saturated heterocycles. The summed E-state index contributed by atoms with van der Waals surface area (Å²) in [6.45, 7) is 2.54. The Bertz CT molecular complexity index is 523. The molecule has 0 bridgehead atoms. The van der Waals surface area contributed by atoms with Crippen molar-refractivity contribution in [1.82, 2.24) is 15.5 Å². The average Bonchev–Trinajstić information content (AvgIpc) is 2.55. The van der Waals surface area contributed by atoms with E-state index in [2.05, 4.69) is 39.8 Å². The lowest BCUT2D eigenvalue weighted by atomic mass is 9.88. The molecular formula is C18H28ClN3O. The van der Waals surface area contributed by atoms with E-state index in [0.717, 1.165) is 32.4 Å². The first kappa shape index (κ1) is 18.2. The van der Waals surface area contributed by atoms with E-state index < -0.39 is 0 Å². The second-order valence-corrected chi connectivity index (χ2v) is 6.57. The lowest BCUT2D eigenvalue weighted by Crippen LogP contribution is -2.48. The summed E-state index contributed by atoms with van der Waals surface area (Å²) in [6.07, 6.45) is 5.74. The van der Waals surface area contributed by atoms with E-state index in [4.69, 9.17) is 0 Å². The van der Waals surface area contributed by atoms with Crippen LogP contribution in [0.1, 0.15) is 42.9 Å². The van der Waals surface area contributed by atoms with Crippen molar-refractivity contribution in [2.75, 3.05) is 26.7 Å². The van der Waals surface area contributed by atoms with Crippen LogP contribution in [0.3, 0.4) is 0 Å². The fraction of sp³-hybridized carbons (Fsp3) is 0.611. The lowest BCUT2D eigenvalue weighted by molar-refractivity contribution is -0.123. The zero-order chi connectivity index (χ0) is 15.4. The number of likely N-dealkylation sites (tertiary alicyclic amines) is 1. The van der Waals surface area contributed by atoms with Gasteiger partial charge in [-0.25, -0.2) is 0 Å². The van der Waals surface area contributed by atoms with Gasteiger partial charge in [-0.05, 0) is 56.8 Å².